The standard InChI is InChI=1S/C32H39N3O/c1-7-34-30(33-35(31(34)36)22-26-14-19-29(20-15-26)32(4,5)6)10-8-9-25-12-17-27(18-13-25)28-16-11-23(2)24(3)21-28/h11-21H,7-10,22H2,1-6H3. The van der Waals surface area contributed by atoms with E-state index in [4.69, 9.17) is 5.10 Å². The Balaban J connectivity index is 1.40. The minimum absolute atomic E-state index is 0.0230. The summed E-state index contributed by atoms with van der Waals surface area (Å²) in [4.78, 5) is 13.0. The number of hydrogen-bond donors (Lipinski definition) is 0. The van der Waals surface area contributed by atoms with Crippen LogP contribution in [0.4, 0.5) is 0 Å². The summed E-state index contributed by atoms with van der Waals surface area (Å²) in [7, 11) is 0. The molecular weight excluding hydrogens is 442 g/mol. The van der Waals surface area contributed by atoms with Crippen molar-refractivity contribution in [3.8, 4) is 11.1 Å². The normalized spacial score (nSPS) is 11.7. The van der Waals surface area contributed by atoms with Gasteiger partial charge in [-0.05, 0) is 78.0 Å². The van der Waals surface area contributed by atoms with Gasteiger partial charge in [0.2, 0.25) is 0 Å². The lowest BCUT2D eigenvalue weighted by atomic mass is 9.87. The summed E-state index contributed by atoms with van der Waals surface area (Å²) in [6.07, 6.45) is 2.71. The van der Waals surface area contributed by atoms with Crippen LogP contribution in [0.3, 0.4) is 0 Å². The van der Waals surface area contributed by atoms with Crippen LogP contribution >= 0.6 is 0 Å². The summed E-state index contributed by atoms with van der Waals surface area (Å²) in [5.74, 6) is 0.876. The smallest absolute Gasteiger partial charge is 0.279 e. The van der Waals surface area contributed by atoms with Gasteiger partial charge in [0.25, 0.3) is 0 Å². The third-order valence-electron chi connectivity index (χ3n) is 7.13. The van der Waals surface area contributed by atoms with Crippen LogP contribution in [0.2, 0.25) is 0 Å². The van der Waals surface area contributed by atoms with E-state index in [1.54, 1.807) is 4.68 Å². The molecule has 0 spiro atoms. The molecule has 0 unspecified atom stereocenters. The number of aryl methyl sites for hydroxylation is 4. The lowest BCUT2D eigenvalue weighted by molar-refractivity contribution is 0.588. The third-order valence-corrected chi connectivity index (χ3v) is 7.13. The zero-order valence-corrected chi connectivity index (χ0v) is 22.6. The van der Waals surface area contributed by atoms with E-state index in [1.807, 2.05) is 11.5 Å². The SMILES string of the molecule is CCn1c(CCCc2ccc(-c3ccc(C)c(C)c3)cc2)nn(Cc2ccc(C(C)(C)C)cc2)c1=O. The zero-order valence-electron chi connectivity index (χ0n) is 22.6. The molecule has 4 rings (SSSR count). The Kier molecular flexibility index (Phi) is 7.63. The molecule has 1 aromatic heterocycles. The highest BCUT2D eigenvalue weighted by Gasteiger charge is 2.15. The molecule has 0 saturated carbocycles. The maximum atomic E-state index is 13.0. The summed E-state index contributed by atoms with van der Waals surface area (Å²) in [6.45, 7) is 14.1. The molecule has 0 bridgehead atoms. The van der Waals surface area contributed by atoms with Crippen molar-refractivity contribution in [1.82, 2.24) is 14.3 Å². The van der Waals surface area contributed by atoms with Crippen molar-refractivity contribution < 1.29 is 0 Å². The predicted molar refractivity (Wildman–Crippen MR) is 150 cm³/mol. The molecule has 4 nitrogen and oxygen atoms in total. The third kappa shape index (κ3) is 5.87. The highest BCUT2D eigenvalue weighted by atomic mass is 16.2. The minimum atomic E-state index is -0.0230. The quantitative estimate of drug-likeness (QED) is 0.275. The molecule has 36 heavy (non-hydrogen) atoms. The summed E-state index contributed by atoms with van der Waals surface area (Å²) in [6, 6.07) is 24.0. The molecule has 0 N–H and O–H groups in total. The summed E-state index contributed by atoms with van der Waals surface area (Å²) in [5, 5.41) is 4.71. The second kappa shape index (κ2) is 10.7. The van der Waals surface area contributed by atoms with E-state index in [0.717, 1.165) is 30.7 Å². The van der Waals surface area contributed by atoms with Crippen LogP contribution in [-0.2, 0) is 31.3 Å². The molecule has 3 aromatic carbocycles. The Morgan fingerprint density at radius 3 is 2.03 bits per heavy atom. The monoisotopic (exact) mass is 481 g/mol. The second-order valence-corrected chi connectivity index (χ2v) is 10.9. The van der Waals surface area contributed by atoms with Gasteiger partial charge in [0.05, 0.1) is 6.54 Å². The molecule has 0 radical (unpaired) electrons. The first kappa shape index (κ1) is 25.7. The van der Waals surface area contributed by atoms with Crippen LogP contribution in [0.5, 0.6) is 0 Å². The van der Waals surface area contributed by atoms with E-state index < -0.39 is 0 Å². The van der Waals surface area contributed by atoms with Gasteiger partial charge >= 0.3 is 5.69 Å². The highest BCUT2D eigenvalue weighted by molar-refractivity contribution is 5.65. The molecule has 0 aliphatic heterocycles. The minimum Gasteiger partial charge on any atom is -0.279 e. The van der Waals surface area contributed by atoms with Gasteiger partial charge in [0, 0.05) is 13.0 Å². The molecule has 188 valence electrons. The van der Waals surface area contributed by atoms with Crippen molar-refractivity contribution >= 4 is 0 Å². The maximum absolute atomic E-state index is 13.0. The Bertz CT molecular complexity index is 1370. The number of aromatic nitrogens is 3. The molecular formula is C32H39N3O. The Morgan fingerprint density at radius 1 is 0.778 bits per heavy atom. The fourth-order valence-electron chi connectivity index (χ4n) is 4.61. The Hall–Kier alpha value is -3.40. The molecule has 1 heterocycles. The van der Waals surface area contributed by atoms with Gasteiger partial charge in [0.1, 0.15) is 5.82 Å². The van der Waals surface area contributed by atoms with Gasteiger partial charge in [0.15, 0.2) is 0 Å². The van der Waals surface area contributed by atoms with Gasteiger partial charge in [-0.15, -0.1) is 0 Å². The number of hydrogen-bond acceptors (Lipinski definition) is 2. The van der Waals surface area contributed by atoms with Crippen molar-refractivity contribution in [1.29, 1.82) is 0 Å². The first-order chi connectivity index (χ1) is 17.2. The molecule has 0 aliphatic rings. The van der Waals surface area contributed by atoms with Gasteiger partial charge in [-0.3, -0.25) is 4.57 Å². The van der Waals surface area contributed by atoms with E-state index in [2.05, 4.69) is 101 Å². The van der Waals surface area contributed by atoms with Gasteiger partial charge < -0.3 is 0 Å². The Labute approximate surface area is 215 Å². The van der Waals surface area contributed by atoms with E-state index in [1.165, 1.54) is 33.4 Å². The number of nitrogens with zero attached hydrogens (tertiary/aromatic N) is 3. The van der Waals surface area contributed by atoms with Crippen molar-refractivity contribution in [2.45, 2.75) is 79.3 Å². The fraction of sp³-hybridized carbons (Fsp3) is 0.375. The van der Waals surface area contributed by atoms with Gasteiger partial charge in [-0.2, -0.15) is 5.10 Å². The first-order valence-electron chi connectivity index (χ1n) is 13.1. The summed E-state index contributed by atoms with van der Waals surface area (Å²) >= 11 is 0. The highest BCUT2D eigenvalue weighted by Crippen LogP contribution is 2.24. The summed E-state index contributed by atoms with van der Waals surface area (Å²) in [5.41, 5.74) is 8.94. The predicted octanol–water partition coefficient (Wildman–Crippen LogP) is 6.87. The second-order valence-electron chi connectivity index (χ2n) is 10.9. The first-order valence-corrected chi connectivity index (χ1v) is 13.1. The van der Waals surface area contributed by atoms with Crippen molar-refractivity contribution in [3.05, 3.63) is 111 Å². The molecule has 4 heteroatoms. The van der Waals surface area contributed by atoms with Gasteiger partial charge in [-0.1, -0.05) is 87.5 Å². The average Bonchev–Trinajstić information content (AvgIpc) is 3.15. The van der Waals surface area contributed by atoms with Crippen molar-refractivity contribution in [2.75, 3.05) is 0 Å². The topological polar surface area (TPSA) is 39.8 Å². The molecule has 4 aromatic rings. The van der Waals surface area contributed by atoms with Crippen molar-refractivity contribution in [3.63, 3.8) is 0 Å². The molecule has 0 saturated heterocycles. The van der Waals surface area contributed by atoms with Crippen molar-refractivity contribution in [2.24, 2.45) is 0 Å². The van der Waals surface area contributed by atoms with Crippen LogP contribution in [0.25, 0.3) is 11.1 Å². The van der Waals surface area contributed by atoms with E-state index >= 15 is 0 Å². The average molecular weight is 482 g/mol. The fourth-order valence-corrected chi connectivity index (χ4v) is 4.61. The summed E-state index contributed by atoms with van der Waals surface area (Å²) < 4.78 is 3.43. The van der Waals surface area contributed by atoms with E-state index in [-0.39, 0.29) is 11.1 Å². The molecule has 0 atom stereocenters. The van der Waals surface area contributed by atoms with E-state index in [0.29, 0.717) is 13.1 Å². The molecule has 0 aliphatic carbocycles. The van der Waals surface area contributed by atoms with E-state index in [9.17, 15) is 4.79 Å². The number of rotatable bonds is 8. The van der Waals surface area contributed by atoms with Crippen LogP contribution in [-0.4, -0.2) is 14.3 Å². The van der Waals surface area contributed by atoms with Gasteiger partial charge in [-0.25, -0.2) is 9.48 Å². The Morgan fingerprint density at radius 2 is 1.42 bits per heavy atom. The molecule has 0 fully saturated rings. The van der Waals surface area contributed by atoms with Crippen LogP contribution in [0.15, 0.2) is 71.5 Å². The zero-order chi connectivity index (χ0) is 25.9. The van der Waals surface area contributed by atoms with Crippen LogP contribution in [0, 0.1) is 13.8 Å². The largest absolute Gasteiger partial charge is 0.346 e. The molecule has 0 amide bonds. The lowest BCUT2D eigenvalue weighted by Gasteiger charge is -2.19. The number of benzene rings is 3. The van der Waals surface area contributed by atoms with Crippen LogP contribution < -0.4 is 5.69 Å². The maximum Gasteiger partial charge on any atom is 0.346 e. The lowest BCUT2D eigenvalue weighted by Crippen LogP contribution is -2.25. The van der Waals surface area contributed by atoms with Crippen LogP contribution in [0.1, 0.15) is 67.8 Å².